The fraction of sp³-hybridized carbons (Fsp3) is 0.200. The molecule has 0 fully saturated rings. The number of para-hydroxylation sites is 2. The minimum Gasteiger partial charge on any atom is -0.463 e. The quantitative estimate of drug-likeness (QED) is 0.874. The van der Waals surface area contributed by atoms with Crippen molar-refractivity contribution in [2.45, 2.75) is 6.54 Å². The smallest absolute Gasteiger partial charge is 0.373 e. The van der Waals surface area contributed by atoms with Crippen molar-refractivity contribution in [1.82, 2.24) is 0 Å². The Kier molecular flexibility index (Phi) is 3.35. The van der Waals surface area contributed by atoms with E-state index < -0.39 is 5.97 Å². The number of rotatable bonds is 3. The van der Waals surface area contributed by atoms with Crippen molar-refractivity contribution in [3.05, 3.63) is 47.9 Å². The third-order valence-corrected chi connectivity index (χ3v) is 3.25. The number of furan rings is 1. The van der Waals surface area contributed by atoms with Gasteiger partial charge in [0.05, 0.1) is 31.6 Å². The molecule has 0 bridgehead atoms. The molecule has 0 unspecified atom stereocenters. The zero-order valence-electron chi connectivity index (χ0n) is 11.5. The fourth-order valence-corrected chi connectivity index (χ4v) is 2.31. The lowest BCUT2D eigenvalue weighted by Gasteiger charge is -2.30. The van der Waals surface area contributed by atoms with Gasteiger partial charge in [-0.1, -0.05) is 12.1 Å². The van der Waals surface area contributed by atoms with Crippen molar-refractivity contribution in [3.63, 3.8) is 0 Å². The van der Waals surface area contributed by atoms with E-state index in [2.05, 4.69) is 10.1 Å². The third-order valence-electron chi connectivity index (χ3n) is 3.25. The molecule has 0 radical (unpaired) electrons. The monoisotopic (exact) mass is 286 g/mol. The van der Waals surface area contributed by atoms with Crippen LogP contribution in [0.1, 0.15) is 16.3 Å². The van der Waals surface area contributed by atoms with Crippen LogP contribution in [-0.4, -0.2) is 25.5 Å². The zero-order chi connectivity index (χ0) is 14.8. The van der Waals surface area contributed by atoms with Gasteiger partial charge in [-0.25, -0.2) is 4.79 Å². The zero-order valence-corrected chi connectivity index (χ0v) is 11.5. The molecule has 21 heavy (non-hydrogen) atoms. The molecule has 3 rings (SSSR count). The Morgan fingerprint density at radius 3 is 2.95 bits per heavy atom. The molecule has 0 aliphatic carbocycles. The van der Waals surface area contributed by atoms with Crippen LogP contribution in [0.4, 0.5) is 11.4 Å². The van der Waals surface area contributed by atoms with Crippen LogP contribution < -0.4 is 10.2 Å². The van der Waals surface area contributed by atoms with E-state index in [-0.39, 0.29) is 18.2 Å². The van der Waals surface area contributed by atoms with E-state index in [0.29, 0.717) is 12.3 Å². The van der Waals surface area contributed by atoms with Gasteiger partial charge >= 0.3 is 5.97 Å². The molecule has 0 spiro atoms. The molecule has 1 aromatic carbocycles. The topological polar surface area (TPSA) is 71.8 Å². The second-order valence-corrected chi connectivity index (χ2v) is 4.68. The molecule has 108 valence electrons. The van der Waals surface area contributed by atoms with Gasteiger partial charge in [-0.3, -0.25) is 4.79 Å². The summed E-state index contributed by atoms with van der Waals surface area (Å²) in [7, 11) is 1.30. The molecule has 0 atom stereocenters. The standard InChI is InChI=1S/C15H14N2O4/c1-20-15(19)13-7-6-10(21-13)8-17-9-14(18)16-11-4-2-3-5-12(11)17/h2-7H,8-9H2,1H3,(H,16,18). The highest BCUT2D eigenvalue weighted by atomic mass is 16.5. The number of anilines is 2. The van der Waals surface area contributed by atoms with Crippen LogP contribution in [-0.2, 0) is 16.1 Å². The number of carbonyl (C=O) groups is 2. The van der Waals surface area contributed by atoms with E-state index in [1.807, 2.05) is 29.2 Å². The van der Waals surface area contributed by atoms with Gasteiger partial charge in [0, 0.05) is 0 Å². The van der Waals surface area contributed by atoms with Gasteiger partial charge in [0.25, 0.3) is 0 Å². The van der Waals surface area contributed by atoms with Crippen molar-refractivity contribution in [3.8, 4) is 0 Å². The highest BCUT2D eigenvalue weighted by Gasteiger charge is 2.23. The van der Waals surface area contributed by atoms with E-state index in [0.717, 1.165) is 11.4 Å². The molecule has 2 aromatic rings. The summed E-state index contributed by atoms with van der Waals surface area (Å²) in [4.78, 5) is 25.0. The van der Waals surface area contributed by atoms with E-state index in [1.54, 1.807) is 12.1 Å². The molecule has 6 heteroatoms. The number of benzene rings is 1. The number of carbonyl (C=O) groups excluding carboxylic acids is 2. The average Bonchev–Trinajstić information content (AvgIpc) is 2.95. The van der Waals surface area contributed by atoms with Crippen molar-refractivity contribution in [2.75, 3.05) is 23.9 Å². The summed E-state index contributed by atoms with van der Waals surface area (Å²) in [6, 6.07) is 10.8. The summed E-state index contributed by atoms with van der Waals surface area (Å²) in [5, 5.41) is 2.82. The van der Waals surface area contributed by atoms with Crippen LogP contribution in [0.3, 0.4) is 0 Å². The normalized spacial score (nSPS) is 13.6. The number of amides is 1. The first-order valence-electron chi connectivity index (χ1n) is 6.48. The van der Waals surface area contributed by atoms with Gasteiger partial charge in [-0.15, -0.1) is 0 Å². The first kappa shape index (κ1) is 13.2. The Bertz CT molecular complexity index is 692. The van der Waals surface area contributed by atoms with Crippen LogP contribution in [0.25, 0.3) is 0 Å². The molecule has 6 nitrogen and oxygen atoms in total. The van der Waals surface area contributed by atoms with Crippen molar-refractivity contribution in [2.24, 2.45) is 0 Å². The maximum atomic E-state index is 11.7. The van der Waals surface area contributed by atoms with E-state index in [9.17, 15) is 9.59 Å². The molecular formula is C15H14N2O4. The summed E-state index contributed by atoms with van der Waals surface area (Å²) in [5.41, 5.74) is 1.70. The van der Waals surface area contributed by atoms with Gasteiger partial charge in [0.2, 0.25) is 11.7 Å². The predicted molar refractivity (Wildman–Crippen MR) is 76.2 cm³/mol. The molecular weight excluding hydrogens is 272 g/mol. The van der Waals surface area contributed by atoms with E-state index in [4.69, 9.17) is 4.42 Å². The number of esters is 1. The molecule has 1 aliphatic heterocycles. The number of nitrogens with one attached hydrogen (secondary N) is 1. The van der Waals surface area contributed by atoms with E-state index in [1.165, 1.54) is 7.11 Å². The molecule has 1 N–H and O–H groups in total. The molecule has 0 saturated carbocycles. The SMILES string of the molecule is COC(=O)c1ccc(CN2CC(=O)Nc3ccccc32)o1. The van der Waals surface area contributed by atoms with Crippen LogP contribution in [0.2, 0.25) is 0 Å². The van der Waals surface area contributed by atoms with Crippen LogP contribution in [0.5, 0.6) is 0 Å². The lowest BCUT2D eigenvalue weighted by atomic mass is 10.2. The van der Waals surface area contributed by atoms with Gasteiger partial charge in [-0.05, 0) is 24.3 Å². The molecule has 1 aliphatic rings. The largest absolute Gasteiger partial charge is 0.463 e. The number of hydrogen-bond acceptors (Lipinski definition) is 5. The van der Waals surface area contributed by atoms with E-state index >= 15 is 0 Å². The lowest BCUT2D eigenvalue weighted by molar-refractivity contribution is -0.115. The minimum absolute atomic E-state index is 0.0755. The Labute approximate surface area is 121 Å². The van der Waals surface area contributed by atoms with Gasteiger partial charge in [0.15, 0.2) is 0 Å². The summed E-state index contributed by atoms with van der Waals surface area (Å²) in [5.74, 6) is 0.161. The highest BCUT2D eigenvalue weighted by Crippen LogP contribution is 2.30. The Morgan fingerprint density at radius 2 is 2.14 bits per heavy atom. The number of hydrogen-bond donors (Lipinski definition) is 1. The molecule has 1 aromatic heterocycles. The second-order valence-electron chi connectivity index (χ2n) is 4.68. The van der Waals surface area contributed by atoms with Gasteiger partial charge in [-0.2, -0.15) is 0 Å². The summed E-state index contributed by atoms with van der Waals surface area (Å²) in [6.45, 7) is 0.646. The van der Waals surface area contributed by atoms with Crippen molar-refractivity contribution < 1.29 is 18.7 Å². The number of methoxy groups -OCH3 is 1. The van der Waals surface area contributed by atoms with Crippen LogP contribution in [0.15, 0.2) is 40.8 Å². The summed E-state index contributed by atoms with van der Waals surface area (Å²) in [6.07, 6.45) is 0. The Morgan fingerprint density at radius 1 is 1.33 bits per heavy atom. The number of fused-ring (bicyclic) bond motifs is 1. The lowest BCUT2D eigenvalue weighted by Crippen LogP contribution is -2.37. The maximum absolute atomic E-state index is 11.7. The maximum Gasteiger partial charge on any atom is 0.373 e. The predicted octanol–water partition coefficient (Wildman–Crippen LogP) is 2.02. The Hall–Kier alpha value is -2.76. The fourth-order valence-electron chi connectivity index (χ4n) is 2.31. The number of ether oxygens (including phenoxy) is 1. The van der Waals surface area contributed by atoms with Gasteiger partial charge in [0.1, 0.15) is 5.76 Å². The number of nitrogens with zero attached hydrogens (tertiary/aromatic N) is 1. The highest BCUT2D eigenvalue weighted by molar-refractivity contribution is 6.01. The molecule has 1 amide bonds. The molecule has 0 saturated heterocycles. The second kappa shape index (κ2) is 5.32. The first-order valence-corrected chi connectivity index (χ1v) is 6.48. The average molecular weight is 286 g/mol. The van der Waals surface area contributed by atoms with Crippen molar-refractivity contribution >= 4 is 23.3 Å². The van der Waals surface area contributed by atoms with Gasteiger partial charge < -0.3 is 19.4 Å². The van der Waals surface area contributed by atoms with Crippen LogP contribution >= 0.6 is 0 Å². The van der Waals surface area contributed by atoms with Crippen LogP contribution in [0, 0.1) is 0 Å². The molecule has 2 heterocycles. The Balaban J connectivity index is 1.83. The summed E-state index contributed by atoms with van der Waals surface area (Å²) >= 11 is 0. The third kappa shape index (κ3) is 2.60. The summed E-state index contributed by atoms with van der Waals surface area (Å²) < 4.78 is 10.0. The first-order chi connectivity index (χ1) is 10.2. The van der Waals surface area contributed by atoms with Crippen molar-refractivity contribution in [1.29, 1.82) is 0 Å². The minimum atomic E-state index is -0.516.